The van der Waals surface area contributed by atoms with Crippen molar-refractivity contribution in [3.8, 4) is 0 Å². The first-order valence-electron chi connectivity index (χ1n) is 7.23. The minimum atomic E-state index is -0.539. The van der Waals surface area contributed by atoms with Gasteiger partial charge < -0.3 is 10.2 Å². The highest BCUT2D eigenvalue weighted by Gasteiger charge is 2.37. The van der Waals surface area contributed by atoms with E-state index in [-0.39, 0.29) is 17.9 Å². The summed E-state index contributed by atoms with van der Waals surface area (Å²) in [6, 6.07) is 8.04. The molecule has 1 unspecified atom stereocenters. The zero-order valence-electron chi connectivity index (χ0n) is 12.3. The second kappa shape index (κ2) is 6.07. The van der Waals surface area contributed by atoms with Crippen molar-refractivity contribution < 1.29 is 9.59 Å². The lowest BCUT2D eigenvalue weighted by Crippen LogP contribution is -2.39. The van der Waals surface area contributed by atoms with E-state index in [9.17, 15) is 9.59 Å². The third-order valence-corrected chi connectivity index (χ3v) is 3.61. The molecule has 1 heterocycles. The fourth-order valence-corrected chi connectivity index (χ4v) is 2.48. The maximum Gasteiger partial charge on any atom is 0.239 e. The van der Waals surface area contributed by atoms with Gasteiger partial charge in [-0.15, -0.1) is 0 Å². The molecule has 4 nitrogen and oxygen atoms in total. The van der Waals surface area contributed by atoms with Crippen LogP contribution in [-0.2, 0) is 16.0 Å². The van der Waals surface area contributed by atoms with Crippen LogP contribution in [0.5, 0.6) is 0 Å². The van der Waals surface area contributed by atoms with Crippen LogP contribution in [0.4, 0.5) is 5.69 Å². The van der Waals surface area contributed by atoms with Crippen LogP contribution in [-0.4, -0.2) is 24.4 Å². The quantitative estimate of drug-likeness (QED) is 0.855. The van der Waals surface area contributed by atoms with E-state index in [4.69, 9.17) is 0 Å². The summed E-state index contributed by atoms with van der Waals surface area (Å²) in [5.41, 5.74) is 2.13. The molecule has 0 saturated carbocycles. The number of carbonyl (C=O) groups is 2. The molecule has 0 bridgehead atoms. The van der Waals surface area contributed by atoms with Gasteiger partial charge in [-0.3, -0.25) is 9.59 Å². The van der Waals surface area contributed by atoms with Gasteiger partial charge in [0.05, 0.1) is 0 Å². The topological polar surface area (TPSA) is 49.4 Å². The zero-order valence-corrected chi connectivity index (χ0v) is 12.3. The molecule has 1 atom stereocenters. The predicted molar refractivity (Wildman–Crippen MR) is 79.6 cm³/mol. The maximum atomic E-state index is 12.3. The number of benzene rings is 1. The third-order valence-electron chi connectivity index (χ3n) is 3.61. The summed E-state index contributed by atoms with van der Waals surface area (Å²) in [6.45, 7) is 6.51. The van der Waals surface area contributed by atoms with Gasteiger partial charge in [-0.25, -0.2) is 0 Å². The summed E-state index contributed by atoms with van der Waals surface area (Å²) >= 11 is 0. The summed E-state index contributed by atoms with van der Waals surface area (Å²) in [4.78, 5) is 26.0. The van der Waals surface area contributed by atoms with Crippen molar-refractivity contribution in [2.75, 3.05) is 11.4 Å². The number of hydrogen-bond acceptors (Lipinski definition) is 2. The molecule has 1 aliphatic rings. The van der Waals surface area contributed by atoms with Crippen LogP contribution < -0.4 is 10.2 Å². The predicted octanol–water partition coefficient (Wildman–Crippen LogP) is 2.13. The van der Waals surface area contributed by atoms with E-state index < -0.39 is 5.92 Å². The molecular weight excluding hydrogens is 252 g/mol. The van der Waals surface area contributed by atoms with Crippen molar-refractivity contribution in [2.24, 2.45) is 5.92 Å². The smallest absolute Gasteiger partial charge is 0.239 e. The van der Waals surface area contributed by atoms with E-state index in [1.54, 1.807) is 4.90 Å². The average molecular weight is 274 g/mol. The number of hydrogen-bond donors (Lipinski definition) is 1. The molecule has 0 spiro atoms. The monoisotopic (exact) mass is 274 g/mol. The second-order valence-corrected chi connectivity index (χ2v) is 5.51. The van der Waals surface area contributed by atoms with Crippen molar-refractivity contribution in [3.05, 3.63) is 29.8 Å². The van der Waals surface area contributed by atoms with Gasteiger partial charge in [-0.2, -0.15) is 0 Å². The first-order chi connectivity index (χ1) is 9.52. The highest BCUT2D eigenvalue weighted by atomic mass is 16.2. The van der Waals surface area contributed by atoms with Crippen LogP contribution in [0, 0.1) is 5.92 Å². The van der Waals surface area contributed by atoms with Gasteiger partial charge in [0, 0.05) is 18.3 Å². The van der Waals surface area contributed by atoms with Gasteiger partial charge in [0.15, 0.2) is 0 Å². The molecule has 1 aromatic carbocycles. The Morgan fingerprint density at radius 1 is 1.35 bits per heavy atom. The van der Waals surface area contributed by atoms with Crippen LogP contribution in [0.1, 0.15) is 32.8 Å². The minimum absolute atomic E-state index is 0.0631. The van der Waals surface area contributed by atoms with Gasteiger partial charge in [-0.1, -0.05) is 19.1 Å². The van der Waals surface area contributed by atoms with Gasteiger partial charge in [0.2, 0.25) is 11.8 Å². The van der Waals surface area contributed by atoms with Crippen LogP contribution in [0.25, 0.3) is 0 Å². The highest BCUT2D eigenvalue weighted by Crippen LogP contribution is 2.25. The molecule has 108 valence electrons. The minimum Gasteiger partial charge on any atom is -0.353 e. The second-order valence-electron chi connectivity index (χ2n) is 5.51. The fourth-order valence-electron chi connectivity index (χ4n) is 2.48. The Morgan fingerprint density at radius 2 is 2.00 bits per heavy atom. The normalized spacial score (nSPS) is 18.7. The number of aryl methyl sites for hydroxylation is 1. The summed E-state index contributed by atoms with van der Waals surface area (Å²) in [5.74, 6) is -0.784. The lowest BCUT2D eigenvalue weighted by molar-refractivity contribution is -0.132. The lowest BCUT2D eigenvalue weighted by atomic mass is 10.1. The lowest BCUT2D eigenvalue weighted by Gasteiger charge is -2.17. The highest BCUT2D eigenvalue weighted by molar-refractivity contribution is 6.09. The van der Waals surface area contributed by atoms with E-state index >= 15 is 0 Å². The Balaban J connectivity index is 2.08. The molecule has 1 aliphatic heterocycles. The van der Waals surface area contributed by atoms with Crippen LogP contribution in [0.3, 0.4) is 0 Å². The Hall–Kier alpha value is -1.84. The van der Waals surface area contributed by atoms with Gasteiger partial charge >= 0.3 is 0 Å². The van der Waals surface area contributed by atoms with E-state index in [1.165, 1.54) is 5.56 Å². The van der Waals surface area contributed by atoms with Crippen LogP contribution in [0.15, 0.2) is 24.3 Å². The molecule has 0 aromatic heterocycles. The largest absolute Gasteiger partial charge is 0.353 e. The zero-order chi connectivity index (χ0) is 14.7. The van der Waals surface area contributed by atoms with Crippen molar-refractivity contribution in [3.63, 3.8) is 0 Å². The van der Waals surface area contributed by atoms with Crippen molar-refractivity contribution >= 4 is 17.5 Å². The van der Waals surface area contributed by atoms with E-state index in [0.29, 0.717) is 13.0 Å². The molecule has 0 radical (unpaired) electrons. The molecule has 20 heavy (non-hydrogen) atoms. The SMILES string of the molecule is CCc1ccc(N2CCC(C(=O)NC(C)C)C2=O)cc1. The molecule has 2 rings (SSSR count). The number of nitrogens with zero attached hydrogens (tertiary/aromatic N) is 1. The fraction of sp³-hybridized carbons (Fsp3) is 0.500. The van der Waals surface area contributed by atoms with E-state index in [2.05, 4.69) is 12.2 Å². The molecule has 1 saturated heterocycles. The number of anilines is 1. The number of rotatable bonds is 4. The molecule has 4 heteroatoms. The first-order valence-corrected chi connectivity index (χ1v) is 7.23. The van der Waals surface area contributed by atoms with Gasteiger partial charge in [0.25, 0.3) is 0 Å². The third kappa shape index (κ3) is 3.00. The molecule has 0 aliphatic carbocycles. The maximum absolute atomic E-state index is 12.3. The van der Waals surface area contributed by atoms with Crippen LogP contribution in [0.2, 0.25) is 0 Å². The number of amides is 2. The number of nitrogens with one attached hydrogen (secondary N) is 1. The number of carbonyl (C=O) groups excluding carboxylic acids is 2. The average Bonchev–Trinajstić information content (AvgIpc) is 2.80. The molecule has 1 aromatic rings. The Bertz CT molecular complexity index is 494. The summed E-state index contributed by atoms with van der Waals surface area (Å²) in [7, 11) is 0. The summed E-state index contributed by atoms with van der Waals surface area (Å²) in [5, 5.41) is 2.82. The Morgan fingerprint density at radius 3 is 2.55 bits per heavy atom. The van der Waals surface area contributed by atoms with E-state index in [1.807, 2.05) is 38.1 Å². The van der Waals surface area contributed by atoms with Crippen molar-refractivity contribution in [1.29, 1.82) is 0 Å². The Kier molecular flexibility index (Phi) is 4.42. The molecule has 1 N–H and O–H groups in total. The van der Waals surface area contributed by atoms with Crippen LogP contribution >= 0.6 is 0 Å². The van der Waals surface area contributed by atoms with Gasteiger partial charge in [-0.05, 0) is 44.4 Å². The first kappa shape index (κ1) is 14.6. The van der Waals surface area contributed by atoms with E-state index in [0.717, 1.165) is 12.1 Å². The molecular formula is C16H22N2O2. The molecule has 2 amide bonds. The Labute approximate surface area is 120 Å². The van der Waals surface area contributed by atoms with Crippen molar-refractivity contribution in [1.82, 2.24) is 5.32 Å². The summed E-state index contributed by atoms with van der Waals surface area (Å²) in [6.07, 6.45) is 1.57. The molecule has 1 fully saturated rings. The summed E-state index contributed by atoms with van der Waals surface area (Å²) < 4.78 is 0. The van der Waals surface area contributed by atoms with Gasteiger partial charge in [0.1, 0.15) is 5.92 Å². The van der Waals surface area contributed by atoms with Crippen molar-refractivity contribution in [2.45, 2.75) is 39.7 Å². The standard InChI is InChI=1S/C16H22N2O2/c1-4-12-5-7-13(8-6-12)18-10-9-14(16(18)20)15(19)17-11(2)3/h5-8,11,14H,4,9-10H2,1-3H3,(H,17,19).